The molecule has 1 atom stereocenters. The van der Waals surface area contributed by atoms with Gasteiger partial charge in [0.05, 0.1) is 12.8 Å². The topological polar surface area (TPSA) is 51.1 Å². The van der Waals surface area contributed by atoms with Crippen molar-refractivity contribution in [2.24, 2.45) is 4.99 Å². The Morgan fingerprint density at radius 3 is 2.13 bits per heavy atom. The third-order valence-electron chi connectivity index (χ3n) is 6.60. The van der Waals surface area contributed by atoms with Crippen molar-refractivity contribution in [3.63, 3.8) is 0 Å². The summed E-state index contributed by atoms with van der Waals surface area (Å²) in [7, 11) is 1.40. The van der Waals surface area contributed by atoms with Gasteiger partial charge < -0.3 is 4.74 Å². The van der Waals surface area contributed by atoms with E-state index in [9.17, 15) is 4.79 Å². The molecular weight excluding hydrogens is 388 g/mol. The highest BCUT2D eigenvalue weighted by atomic mass is 16.7. The first kappa shape index (κ1) is 21.7. The van der Waals surface area contributed by atoms with E-state index in [1.165, 1.54) is 13.5 Å². The lowest BCUT2D eigenvalue weighted by Gasteiger charge is -2.47. The van der Waals surface area contributed by atoms with Crippen LogP contribution in [0.3, 0.4) is 0 Å². The van der Waals surface area contributed by atoms with Crippen molar-refractivity contribution in [3.8, 4) is 0 Å². The molecule has 1 aliphatic carbocycles. The standard InChI is InChI=1S/C26H32N2O3/c1-24(2,23(29)30-4)31-28-25(3,21-16-10-6-11-17-21)22(20-14-8-5-9-15-20)27-26(28)18-12-7-13-19-26/h5-6,8-11,14-17H,7,12-13,18-19H2,1-4H3. The van der Waals surface area contributed by atoms with Crippen LogP contribution in [0.4, 0.5) is 0 Å². The highest BCUT2D eigenvalue weighted by Crippen LogP contribution is 2.51. The Kier molecular flexibility index (Phi) is 5.75. The zero-order valence-electron chi connectivity index (χ0n) is 18.9. The number of rotatable bonds is 5. The van der Waals surface area contributed by atoms with E-state index >= 15 is 0 Å². The highest BCUT2D eigenvalue weighted by Gasteiger charge is 2.59. The smallest absolute Gasteiger partial charge is 0.339 e. The second-order valence-corrected chi connectivity index (χ2v) is 9.20. The molecule has 1 saturated carbocycles. The number of esters is 1. The van der Waals surface area contributed by atoms with E-state index in [0.717, 1.165) is 42.5 Å². The Morgan fingerprint density at radius 2 is 1.55 bits per heavy atom. The highest BCUT2D eigenvalue weighted by molar-refractivity contribution is 6.09. The summed E-state index contributed by atoms with van der Waals surface area (Å²) in [5.74, 6) is -0.401. The number of benzene rings is 2. The van der Waals surface area contributed by atoms with E-state index in [0.29, 0.717) is 0 Å². The summed E-state index contributed by atoms with van der Waals surface area (Å²) in [4.78, 5) is 24.6. The summed E-state index contributed by atoms with van der Waals surface area (Å²) in [5, 5.41) is 2.02. The van der Waals surface area contributed by atoms with Crippen LogP contribution in [0.5, 0.6) is 0 Å². The van der Waals surface area contributed by atoms with Gasteiger partial charge in [-0.05, 0) is 57.6 Å². The zero-order valence-corrected chi connectivity index (χ0v) is 18.9. The Labute approximate surface area is 185 Å². The fraction of sp³-hybridized carbons (Fsp3) is 0.462. The first-order valence-electron chi connectivity index (χ1n) is 11.1. The summed E-state index contributed by atoms with van der Waals surface area (Å²) >= 11 is 0. The van der Waals surface area contributed by atoms with E-state index in [-0.39, 0.29) is 0 Å². The van der Waals surface area contributed by atoms with Gasteiger partial charge in [0, 0.05) is 0 Å². The molecule has 0 N–H and O–H groups in total. The lowest BCUT2D eigenvalue weighted by molar-refractivity contribution is -0.308. The normalized spacial score (nSPS) is 23.5. The van der Waals surface area contributed by atoms with Crippen LogP contribution < -0.4 is 0 Å². The summed E-state index contributed by atoms with van der Waals surface area (Å²) in [6, 6.07) is 20.6. The van der Waals surface area contributed by atoms with Gasteiger partial charge in [0.15, 0.2) is 5.60 Å². The van der Waals surface area contributed by atoms with Crippen molar-refractivity contribution < 1.29 is 14.4 Å². The molecule has 31 heavy (non-hydrogen) atoms. The average molecular weight is 421 g/mol. The molecule has 0 amide bonds. The number of ether oxygens (including phenoxy) is 1. The molecule has 2 aromatic carbocycles. The van der Waals surface area contributed by atoms with Gasteiger partial charge in [0.2, 0.25) is 0 Å². The van der Waals surface area contributed by atoms with Crippen molar-refractivity contribution in [1.29, 1.82) is 0 Å². The lowest BCUT2D eigenvalue weighted by atomic mass is 9.82. The number of nitrogens with zero attached hydrogens (tertiary/aromatic N) is 2. The summed E-state index contributed by atoms with van der Waals surface area (Å²) < 4.78 is 5.06. The van der Waals surface area contributed by atoms with Crippen LogP contribution in [0.15, 0.2) is 65.7 Å². The Hall–Kier alpha value is -2.50. The molecule has 2 aromatic rings. The second kappa shape index (κ2) is 8.21. The maximum absolute atomic E-state index is 12.6. The molecule has 1 spiro atoms. The van der Waals surface area contributed by atoms with Crippen molar-refractivity contribution in [2.45, 2.75) is 69.7 Å². The van der Waals surface area contributed by atoms with Crippen molar-refractivity contribution in [1.82, 2.24) is 5.06 Å². The first-order chi connectivity index (χ1) is 14.8. The fourth-order valence-corrected chi connectivity index (χ4v) is 4.95. The molecule has 0 bridgehead atoms. The number of carbonyl (C=O) groups excluding carboxylic acids is 1. The third kappa shape index (κ3) is 3.70. The molecule has 4 rings (SSSR count). The van der Waals surface area contributed by atoms with Crippen LogP contribution in [0.1, 0.15) is 64.0 Å². The van der Waals surface area contributed by atoms with E-state index in [1.807, 2.05) is 41.5 Å². The van der Waals surface area contributed by atoms with Crippen LogP contribution in [0, 0.1) is 0 Å². The van der Waals surface area contributed by atoms with E-state index in [1.54, 1.807) is 13.8 Å². The summed E-state index contributed by atoms with van der Waals surface area (Å²) in [5.41, 5.74) is 0.810. The number of aliphatic imine (C=N–C) groups is 1. The van der Waals surface area contributed by atoms with Crippen molar-refractivity contribution in [3.05, 3.63) is 71.8 Å². The van der Waals surface area contributed by atoms with Gasteiger partial charge in [-0.15, -0.1) is 5.06 Å². The number of carbonyl (C=O) groups is 1. The van der Waals surface area contributed by atoms with E-state index in [4.69, 9.17) is 14.6 Å². The van der Waals surface area contributed by atoms with Crippen molar-refractivity contribution in [2.75, 3.05) is 7.11 Å². The Balaban J connectivity index is 1.91. The molecule has 5 nitrogen and oxygen atoms in total. The number of hydroxylamine groups is 2. The second-order valence-electron chi connectivity index (χ2n) is 9.20. The van der Waals surface area contributed by atoms with Crippen LogP contribution in [-0.4, -0.2) is 35.1 Å². The van der Waals surface area contributed by atoms with Gasteiger partial charge >= 0.3 is 5.97 Å². The molecule has 0 radical (unpaired) electrons. The van der Waals surface area contributed by atoms with Crippen LogP contribution in [0.25, 0.3) is 0 Å². The molecule has 164 valence electrons. The molecular formula is C26H32N2O3. The third-order valence-corrected chi connectivity index (χ3v) is 6.60. The van der Waals surface area contributed by atoms with Gasteiger partial charge in [0.25, 0.3) is 0 Å². The minimum Gasteiger partial charge on any atom is -0.467 e. The van der Waals surface area contributed by atoms with Gasteiger partial charge in [-0.1, -0.05) is 67.1 Å². The number of hydrogen-bond acceptors (Lipinski definition) is 5. The van der Waals surface area contributed by atoms with Gasteiger partial charge in [-0.25, -0.2) is 4.79 Å². The van der Waals surface area contributed by atoms with Gasteiger partial charge in [0.1, 0.15) is 11.2 Å². The summed E-state index contributed by atoms with van der Waals surface area (Å²) in [6.45, 7) is 5.69. The van der Waals surface area contributed by atoms with E-state index < -0.39 is 22.8 Å². The quantitative estimate of drug-likeness (QED) is 0.620. The Bertz CT molecular complexity index is 949. The predicted octanol–water partition coefficient (Wildman–Crippen LogP) is 5.25. The van der Waals surface area contributed by atoms with Crippen LogP contribution in [0.2, 0.25) is 0 Å². The molecule has 1 heterocycles. The van der Waals surface area contributed by atoms with Gasteiger partial charge in [-0.3, -0.25) is 9.83 Å². The molecule has 5 heteroatoms. The minimum absolute atomic E-state index is 0.401. The first-order valence-corrected chi connectivity index (χ1v) is 11.1. The fourth-order valence-electron chi connectivity index (χ4n) is 4.95. The number of methoxy groups -OCH3 is 1. The Morgan fingerprint density at radius 1 is 0.968 bits per heavy atom. The SMILES string of the molecule is COC(=O)C(C)(C)ON1C2(CCCCC2)N=C(c2ccccc2)C1(C)c1ccccc1. The predicted molar refractivity (Wildman–Crippen MR) is 122 cm³/mol. The van der Waals surface area contributed by atoms with Crippen molar-refractivity contribution >= 4 is 11.7 Å². The molecule has 1 unspecified atom stereocenters. The number of hydrogen-bond donors (Lipinski definition) is 0. The largest absolute Gasteiger partial charge is 0.467 e. The minimum atomic E-state index is -1.14. The maximum Gasteiger partial charge on any atom is 0.339 e. The molecule has 0 saturated heterocycles. The van der Waals surface area contributed by atoms with Crippen LogP contribution >= 0.6 is 0 Å². The lowest BCUT2D eigenvalue weighted by Crippen LogP contribution is -2.59. The van der Waals surface area contributed by atoms with Crippen LogP contribution in [-0.2, 0) is 19.9 Å². The van der Waals surface area contributed by atoms with Gasteiger partial charge in [-0.2, -0.15) is 0 Å². The monoisotopic (exact) mass is 420 g/mol. The zero-order chi connectivity index (χ0) is 22.1. The average Bonchev–Trinajstić information content (AvgIpc) is 3.03. The maximum atomic E-state index is 12.6. The molecule has 0 aromatic heterocycles. The summed E-state index contributed by atoms with van der Waals surface area (Å²) in [6.07, 6.45) is 5.13. The molecule has 1 aliphatic heterocycles. The molecule has 1 fully saturated rings. The van der Waals surface area contributed by atoms with E-state index in [2.05, 4.69) is 31.2 Å². The molecule has 2 aliphatic rings.